The molecular formula is C29H31N3O4. The minimum atomic E-state index is 0.0413. The summed E-state index contributed by atoms with van der Waals surface area (Å²) in [5.41, 5.74) is 7.27. The molecule has 3 heterocycles. The van der Waals surface area contributed by atoms with Gasteiger partial charge in [0.1, 0.15) is 0 Å². The third-order valence-electron chi connectivity index (χ3n) is 7.41. The van der Waals surface area contributed by atoms with E-state index in [1.807, 2.05) is 17.0 Å². The van der Waals surface area contributed by atoms with Gasteiger partial charge in [-0.3, -0.25) is 9.59 Å². The number of benzene rings is 2. The Hall–Kier alpha value is -3.74. The van der Waals surface area contributed by atoms with Crippen molar-refractivity contribution in [1.29, 1.82) is 0 Å². The van der Waals surface area contributed by atoms with Gasteiger partial charge >= 0.3 is 0 Å². The lowest BCUT2D eigenvalue weighted by Crippen LogP contribution is -2.30. The van der Waals surface area contributed by atoms with Crippen molar-refractivity contribution in [3.8, 4) is 28.4 Å². The second kappa shape index (κ2) is 9.72. The highest BCUT2D eigenvalue weighted by molar-refractivity contribution is 5.78. The number of likely N-dealkylation sites (tertiary alicyclic amines) is 1. The van der Waals surface area contributed by atoms with E-state index in [1.54, 1.807) is 0 Å². The summed E-state index contributed by atoms with van der Waals surface area (Å²) in [7, 11) is 0. The number of carbonyl (C=O) groups is 2. The van der Waals surface area contributed by atoms with Gasteiger partial charge in [0.05, 0.1) is 5.69 Å². The molecule has 3 aliphatic rings. The summed E-state index contributed by atoms with van der Waals surface area (Å²) in [4.78, 5) is 26.3. The fourth-order valence-electron chi connectivity index (χ4n) is 5.62. The van der Waals surface area contributed by atoms with E-state index >= 15 is 0 Å². The number of hydrogen-bond acceptors (Lipinski definition) is 4. The van der Waals surface area contributed by atoms with E-state index < -0.39 is 0 Å². The van der Waals surface area contributed by atoms with Gasteiger partial charge in [0, 0.05) is 55.5 Å². The quantitative estimate of drug-likeness (QED) is 0.489. The second-order valence-electron chi connectivity index (χ2n) is 9.73. The van der Waals surface area contributed by atoms with Gasteiger partial charge in [-0.05, 0) is 61.4 Å². The van der Waals surface area contributed by atoms with Gasteiger partial charge in [-0.2, -0.15) is 0 Å². The largest absolute Gasteiger partial charge is 0.454 e. The molecule has 2 amide bonds. The van der Waals surface area contributed by atoms with Crippen LogP contribution in [0, 0.1) is 0 Å². The Labute approximate surface area is 211 Å². The summed E-state index contributed by atoms with van der Waals surface area (Å²) < 4.78 is 13.5. The highest BCUT2D eigenvalue weighted by Crippen LogP contribution is 2.40. The molecule has 1 N–H and O–H groups in total. The van der Waals surface area contributed by atoms with Crippen LogP contribution in [0.2, 0.25) is 0 Å². The molecule has 2 aromatic carbocycles. The molecular weight excluding hydrogens is 454 g/mol. The number of amides is 2. The maximum absolute atomic E-state index is 12.7. The van der Waals surface area contributed by atoms with Crippen molar-refractivity contribution in [1.82, 2.24) is 14.8 Å². The summed E-state index contributed by atoms with van der Waals surface area (Å²) in [5.74, 6) is 1.78. The lowest BCUT2D eigenvalue weighted by molar-refractivity contribution is -0.127. The molecule has 6 rings (SSSR count). The van der Waals surface area contributed by atoms with Gasteiger partial charge in [-0.15, -0.1) is 0 Å². The van der Waals surface area contributed by atoms with Crippen molar-refractivity contribution in [3.05, 3.63) is 65.4 Å². The summed E-state index contributed by atoms with van der Waals surface area (Å²) >= 11 is 0. The van der Waals surface area contributed by atoms with Gasteiger partial charge in [0.25, 0.3) is 0 Å². The van der Waals surface area contributed by atoms with Crippen LogP contribution in [-0.4, -0.2) is 47.7 Å². The number of nitrogens with one attached hydrogen (secondary N) is 1. The van der Waals surface area contributed by atoms with E-state index in [2.05, 4.69) is 46.3 Å². The zero-order valence-corrected chi connectivity index (χ0v) is 20.4. The molecule has 1 aliphatic carbocycles. The molecule has 1 fully saturated rings. The Balaban J connectivity index is 1.20. The number of ether oxygens (including phenoxy) is 2. The Bertz CT molecular complexity index is 1310. The van der Waals surface area contributed by atoms with Crippen LogP contribution in [0.15, 0.2) is 48.5 Å². The second-order valence-corrected chi connectivity index (χ2v) is 9.73. The van der Waals surface area contributed by atoms with Gasteiger partial charge in [-0.25, -0.2) is 0 Å². The molecule has 186 valence electrons. The fourth-order valence-corrected chi connectivity index (χ4v) is 5.62. The highest BCUT2D eigenvalue weighted by Gasteiger charge is 2.25. The van der Waals surface area contributed by atoms with Crippen molar-refractivity contribution < 1.29 is 19.1 Å². The molecule has 7 heteroatoms. The molecule has 7 nitrogen and oxygen atoms in total. The van der Waals surface area contributed by atoms with Crippen LogP contribution in [0.3, 0.4) is 0 Å². The molecule has 3 aromatic rings. The molecule has 0 spiro atoms. The molecule has 0 bridgehead atoms. The first kappa shape index (κ1) is 22.7. The summed E-state index contributed by atoms with van der Waals surface area (Å²) in [6.45, 7) is 2.40. The van der Waals surface area contributed by atoms with E-state index in [-0.39, 0.29) is 18.6 Å². The first-order valence-corrected chi connectivity index (χ1v) is 12.9. The SMILES string of the molecule is O=C(CCc1cc2c(n1-c1ccc3c(c1)OCO3)-c1ccccc1CC2)NCCCN1CCCC1=O. The van der Waals surface area contributed by atoms with Crippen molar-refractivity contribution in [2.75, 3.05) is 26.4 Å². The standard InChI is InChI=1S/C29H31N3O4/c33-27(30-14-4-16-31-15-3-7-28(31)34)13-11-22-17-21-9-8-20-5-1-2-6-24(20)29(21)32(22)23-10-12-25-26(18-23)36-19-35-25/h1-2,5-6,10,12,17-18H,3-4,7-9,11,13-16,19H2,(H,30,33). The molecule has 1 aromatic heterocycles. The number of aromatic nitrogens is 1. The van der Waals surface area contributed by atoms with Crippen LogP contribution in [0.5, 0.6) is 11.5 Å². The molecule has 2 aliphatic heterocycles. The van der Waals surface area contributed by atoms with Gasteiger partial charge in [-0.1, -0.05) is 24.3 Å². The predicted octanol–water partition coefficient (Wildman–Crippen LogP) is 4.03. The number of aryl methyl sites for hydroxylation is 3. The average Bonchev–Trinajstić information content (AvgIpc) is 3.63. The number of fused-ring (bicyclic) bond motifs is 4. The molecule has 0 saturated carbocycles. The third kappa shape index (κ3) is 4.34. The van der Waals surface area contributed by atoms with Crippen LogP contribution < -0.4 is 14.8 Å². The van der Waals surface area contributed by atoms with E-state index in [9.17, 15) is 9.59 Å². The number of carbonyl (C=O) groups excluding carboxylic acids is 2. The maximum Gasteiger partial charge on any atom is 0.231 e. The number of hydrogen-bond donors (Lipinski definition) is 1. The van der Waals surface area contributed by atoms with E-state index in [0.29, 0.717) is 25.8 Å². The third-order valence-corrected chi connectivity index (χ3v) is 7.41. The van der Waals surface area contributed by atoms with Crippen LogP contribution in [-0.2, 0) is 28.9 Å². The number of nitrogens with zero attached hydrogens (tertiary/aromatic N) is 2. The van der Waals surface area contributed by atoms with Gasteiger partial charge in [0.15, 0.2) is 11.5 Å². The zero-order chi connectivity index (χ0) is 24.5. The Morgan fingerprint density at radius 1 is 0.972 bits per heavy atom. The Morgan fingerprint density at radius 3 is 2.72 bits per heavy atom. The van der Waals surface area contributed by atoms with Crippen molar-refractivity contribution in [2.45, 2.75) is 44.9 Å². The molecule has 0 unspecified atom stereocenters. The molecule has 0 atom stereocenters. The summed E-state index contributed by atoms with van der Waals surface area (Å²) in [5, 5.41) is 3.04. The predicted molar refractivity (Wildman–Crippen MR) is 136 cm³/mol. The average molecular weight is 486 g/mol. The fraction of sp³-hybridized carbons (Fsp3) is 0.379. The smallest absolute Gasteiger partial charge is 0.231 e. The lowest BCUT2D eigenvalue weighted by atomic mass is 9.90. The Morgan fingerprint density at radius 2 is 1.83 bits per heavy atom. The summed E-state index contributed by atoms with van der Waals surface area (Å²) in [6, 6.07) is 16.9. The van der Waals surface area contributed by atoms with E-state index in [0.717, 1.165) is 61.7 Å². The monoisotopic (exact) mass is 485 g/mol. The van der Waals surface area contributed by atoms with Gasteiger partial charge < -0.3 is 24.3 Å². The van der Waals surface area contributed by atoms with Crippen molar-refractivity contribution in [2.24, 2.45) is 0 Å². The minimum absolute atomic E-state index is 0.0413. The molecule has 1 saturated heterocycles. The molecule has 0 radical (unpaired) electrons. The van der Waals surface area contributed by atoms with Crippen LogP contribution in [0.1, 0.15) is 42.5 Å². The van der Waals surface area contributed by atoms with Crippen LogP contribution >= 0.6 is 0 Å². The van der Waals surface area contributed by atoms with E-state index in [4.69, 9.17) is 9.47 Å². The Kier molecular flexibility index (Phi) is 6.13. The zero-order valence-electron chi connectivity index (χ0n) is 20.4. The minimum Gasteiger partial charge on any atom is -0.454 e. The van der Waals surface area contributed by atoms with E-state index in [1.165, 1.54) is 22.4 Å². The van der Waals surface area contributed by atoms with Crippen molar-refractivity contribution in [3.63, 3.8) is 0 Å². The van der Waals surface area contributed by atoms with Crippen molar-refractivity contribution >= 4 is 11.8 Å². The summed E-state index contributed by atoms with van der Waals surface area (Å²) in [6.07, 6.45) is 5.45. The lowest BCUT2D eigenvalue weighted by Gasteiger charge is -2.21. The highest BCUT2D eigenvalue weighted by atomic mass is 16.7. The van der Waals surface area contributed by atoms with Crippen LogP contribution in [0.4, 0.5) is 0 Å². The first-order chi connectivity index (χ1) is 17.7. The topological polar surface area (TPSA) is 72.8 Å². The normalized spacial score (nSPS) is 15.7. The van der Waals surface area contributed by atoms with Crippen LogP contribution in [0.25, 0.3) is 16.9 Å². The first-order valence-electron chi connectivity index (χ1n) is 12.9. The maximum atomic E-state index is 12.7. The number of rotatable bonds is 8. The molecule has 36 heavy (non-hydrogen) atoms. The van der Waals surface area contributed by atoms with Gasteiger partial charge in [0.2, 0.25) is 18.6 Å².